The molecule has 1 aliphatic heterocycles. The number of hydrogen-bond donors (Lipinski definition) is 2. The third-order valence-electron chi connectivity index (χ3n) is 3.00. The van der Waals surface area contributed by atoms with Gasteiger partial charge >= 0.3 is 5.97 Å². The van der Waals surface area contributed by atoms with E-state index in [4.69, 9.17) is 9.84 Å². The lowest BCUT2D eigenvalue weighted by Gasteiger charge is -2.14. The maximum Gasteiger partial charge on any atom is 0.311 e. The Morgan fingerprint density at radius 3 is 2.90 bits per heavy atom. The molecule has 1 aromatic rings. The summed E-state index contributed by atoms with van der Waals surface area (Å²) in [6, 6.07) is 5.26. The van der Waals surface area contributed by atoms with Crippen molar-refractivity contribution in [1.82, 2.24) is 5.32 Å². The van der Waals surface area contributed by atoms with Gasteiger partial charge in [-0.15, -0.1) is 0 Å². The molecule has 1 heterocycles. The molecule has 1 aliphatic rings. The van der Waals surface area contributed by atoms with Crippen molar-refractivity contribution < 1.29 is 23.8 Å². The zero-order valence-electron chi connectivity index (χ0n) is 10.6. The smallest absolute Gasteiger partial charge is 0.311 e. The van der Waals surface area contributed by atoms with Crippen LogP contribution in [0.1, 0.15) is 5.56 Å². The second-order valence-corrected chi connectivity index (χ2v) is 4.49. The van der Waals surface area contributed by atoms with E-state index in [2.05, 4.69) is 5.32 Å². The quantitative estimate of drug-likeness (QED) is 0.808. The number of hydrogen-bond acceptors (Lipinski definition) is 3. The average molecular weight is 279 g/mol. The van der Waals surface area contributed by atoms with E-state index in [1.54, 1.807) is 6.07 Å². The molecule has 20 heavy (non-hydrogen) atoms. The molecular formula is C14H14FNO4. The Labute approximate surface area is 115 Å². The van der Waals surface area contributed by atoms with Crippen LogP contribution in [0.4, 0.5) is 4.39 Å². The molecule has 0 spiro atoms. The fourth-order valence-corrected chi connectivity index (χ4v) is 1.95. The van der Waals surface area contributed by atoms with Crippen LogP contribution < -0.4 is 5.32 Å². The van der Waals surface area contributed by atoms with E-state index < -0.39 is 23.8 Å². The normalized spacial score (nSPS) is 22.1. The summed E-state index contributed by atoms with van der Waals surface area (Å²) >= 11 is 0. The molecule has 1 saturated heterocycles. The highest BCUT2D eigenvalue weighted by molar-refractivity contribution is 5.92. The van der Waals surface area contributed by atoms with E-state index in [1.165, 1.54) is 30.4 Å². The fraction of sp³-hybridized carbons (Fsp3) is 0.286. The van der Waals surface area contributed by atoms with Crippen molar-refractivity contribution in [3.63, 3.8) is 0 Å². The maximum absolute atomic E-state index is 12.9. The van der Waals surface area contributed by atoms with Crippen LogP contribution in [0.25, 0.3) is 6.08 Å². The number of carboxylic acids is 1. The summed E-state index contributed by atoms with van der Waals surface area (Å²) in [6.45, 7) is 0.268. The van der Waals surface area contributed by atoms with E-state index in [0.29, 0.717) is 5.56 Å². The maximum atomic E-state index is 12.9. The Bertz CT molecular complexity index is 544. The van der Waals surface area contributed by atoms with E-state index in [1.807, 2.05) is 0 Å². The summed E-state index contributed by atoms with van der Waals surface area (Å²) in [6.07, 6.45) is 2.70. The highest BCUT2D eigenvalue weighted by Crippen LogP contribution is 2.14. The van der Waals surface area contributed by atoms with Gasteiger partial charge in [0.1, 0.15) is 11.7 Å². The van der Waals surface area contributed by atoms with Crippen molar-refractivity contribution in [3.8, 4) is 0 Å². The molecule has 106 valence electrons. The number of carboxylic acid groups (broad SMARTS) is 1. The summed E-state index contributed by atoms with van der Waals surface area (Å²) in [4.78, 5) is 22.6. The Morgan fingerprint density at radius 2 is 2.20 bits per heavy atom. The Kier molecular flexibility index (Phi) is 4.47. The highest BCUT2D eigenvalue weighted by atomic mass is 19.1. The van der Waals surface area contributed by atoms with Gasteiger partial charge in [-0.2, -0.15) is 0 Å². The van der Waals surface area contributed by atoms with Crippen molar-refractivity contribution in [2.75, 3.05) is 13.2 Å². The molecule has 5 nitrogen and oxygen atoms in total. The van der Waals surface area contributed by atoms with Gasteiger partial charge < -0.3 is 15.2 Å². The monoisotopic (exact) mass is 279 g/mol. The number of rotatable bonds is 4. The summed E-state index contributed by atoms with van der Waals surface area (Å²) in [5.41, 5.74) is 0.553. The second-order valence-electron chi connectivity index (χ2n) is 4.49. The number of carbonyl (C=O) groups is 2. The molecule has 1 amide bonds. The van der Waals surface area contributed by atoms with Crippen LogP contribution in [0.15, 0.2) is 30.3 Å². The molecule has 0 bridgehead atoms. The minimum absolute atomic E-state index is 0.0912. The molecular weight excluding hydrogens is 265 g/mol. The standard InChI is InChI=1S/C14H14FNO4/c15-10-3-1-2-9(6-10)4-5-13(17)16-12-8-20-7-11(12)14(18)19/h1-6,11-12H,7-8H2,(H,16,17)(H,18,19). The van der Waals surface area contributed by atoms with Gasteiger partial charge in [-0.05, 0) is 23.8 Å². The number of halogens is 1. The predicted molar refractivity (Wildman–Crippen MR) is 69.3 cm³/mol. The average Bonchev–Trinajstić information content (AvgIpc) is 2.85. The third-order valence-corrected chi connectivity index (χ3v) is 3.00. The number of benzene rings is 1. The largest absolute Gasteiger partial charge is 0.481 e. The van der Waals surface area contributed by atoms with Crippen molar-refractivity contribution >= 4 is 18.0 Å². The highest BCUT2D eigenvalue weighted by Gasteiger charge is 2.34. The Balaban J connectivity index is 1.94. The number of nitrogens with one attached hydrogen (secondary N) is 1. The van der Waals surface area contributed by atoms with E-state index in [-0.39, 0.29) is 19.0 Å². The van der Waals surface area contributed by atoms with Crippen LogP contribution in [0, 0.1) is 11.7 Å². The topological polar surface area (TPSA) is 75.6 Å². The molecule has 2 N–H and O–H groups in total. The lowest BCUT2D eigenvalue weighted by Crippen LogP contribution is -2.41. The van der Waals surface area contributed by atoms with Gasteiger partial charge in [-0.3, -0.25) is 9.59 Å². The number of aliphatic carboxylic acids is 1. The van der Waals surface area contributed by atoms with Gasteiger partial charge in [0, 0.05) is 6.08 Å². The van der Waals surface area contributed by atoms with E-state index in [0.717, 1.165) is 0 Å². The number of ether oxygens (including phenoxy) is 1. The van der Waals surface area contributed by atoms with Gasteiger partial charge in [-0.25, -0.2) is 4.39 Å². The molecule has 1 fully saturated rings. The first-order valence-corrected chi connectivity index (χ1v) is 6.11. The van der Waals surface area contributed by atoms with Gasteiger partial charge in [-0.1, -0.05) is 12.1 Å². The molecule has 2 rings (SSSR count). The minimum atomic E-state index is -0.998. The molecule has 0 radical (unpaired) electrons. The Morgan fingerprint density at radius 1 is 1.40 bits per heavy atom. The molecule has 6 heteroatoms. The summed E-state index contributed by atoms with van der Waals surface area (Å²) < 4.78 is 18.0. The van der Waals surface area contributed by atoms with Crippen LogP contribution in [-0.2, 0) is 14.3 Å². The van der Waals surface area contributed by atoms with E-state index in [9.17, 15) is 14.0 Å². The van der Waals surface area contributed by atoms with Crippen molar-refractivity contribution in [2.45, 2.75) is 6.04 Å². The van der Waals surface area contributed by atoms with Gasteiger partial charge in [0.15, 0.2) is 0 Å². The third kappa shape index (κ3) is 3.64. The van der Waals surface area contributed by atoms with Gasteiger partial charge in [0.25, 0.3) is 0 Å². The first-order valence-electron chi connectivity index (χ1n) is 6.11. The lowest BCUT2D eigenvalue weighted by molar-refractivity contribution is -0.142. The molecule has 2 unspecified atom stereocenters. The first-order chi connectivity index (χ1) is 9.56. The zero-order valence-corrected chi connectivity index (χ0v) is 10.6. The summed E-state index contributed by atoms with van der Waals surface area (Å²) in [7, 11) is 0. The second kappa shape index (κ2) is 6.29. The van der Waals surface area contributed by atoms with Crippen LogP contribution in [-0.4, -0.2) is 36.2 Å². The van der Waals surface area contributed by atoms with Gasteiger partial charge in [0.05, 0.1) is 19.3 Å². The zero-order chi connectivity index (χ0) is 14.5. The first kappa shape index (κ1) is 14.2. The number of carbonyl (C=O) groups excluding carboxylic acids is 1. The fourth-order valence-electron chi connectivity index (χ4n) is 1.95. The summed E-state index contributed by atoms with van der Waals surface area (Å²) in [5, 5.41) is 11.5. The minimum Gasteiger partial charge on any atom is -0.481 e. The predicted octanol–water partition coefficient (Wildman–Crippen LogP) is 1.05. The molecule has 0 aliphatic carbocycles. The van der Waals surface area contributed by atoms with Crippen LogP contribution in [0.2, 0.25) is 0 Å². The van der Waals surface area contributed by atoms with Gasteiger partial charge in [0.2, 0.25) is 5.91 Å². The van der Waals surface area contributed by atoms with Crippen molar-refractivity contribution in [2.24, 2.45) is 5.92 Å². The molecule has 1 aromatic carbocycles. The van der Waals surface area contributed by atoms with Crippen molar-refractivity contribution in [1.29, 1.82) is 0 Å². The summed E-state index contributed by atoms with van der Waals surface area (Å²) in [5.74, 6) is -2.55. The van der Waals surface area contributed by atoms with Crippen molar-refractivity contribution in [3.05, 3.63) is 41.7 Å². The molecule has 0 aromatic heterocycles. The molecule has 2 atom stereocenters. The lowest BCUT2D eigenvalue weighted by atomic mass is 10.0. The van der Waals surface area contributed by atoms with Crippen LogP contribution in [0.3, 0.4) is 0 Å². The van der Waals surface area contributed by atoms with Crippen LogP contribution in [0.5, 0.6) is 0 Å². The SMILES string of the molecule is O=C(C=Cc1cccc(F)c1)NC1COCC1C(=O)O. The van der Waals surface area contributed by atoms with E-state index >= 15 is 0 Å². The van der Waals surface area contributed by atoms with Crippen LogP contribution >= 0.6 is 0 Å². The number of amides is 1. The Hall–Kier alpha value is -2.21. The molecule has 0 saturated carbocycles.